The number of hydrogen-bond acceptors (Lipinski definition) is 6. The van der Waals surface area contributed by atoms with Gasteiger partial charge in [0.1, 0.15) is 5.75 Å². The highest BCUT2D eigenvalue weighted by molar-refractivity contribution is 7.98. The molecular formula is C18H19N3O5S2. The highest BCUT2D eigenvalue weighted by Crippen LogP contribution is 2.29. The molecule has 10 heteroatoms. The quantitative estimate of drug-likeness (QED) is 0.463. The van der Waals surface area contributed by atoms with Crippen LogP contribution in [0.25, 0.3) is 11.0 Å². The van der Waals surface area contributed by atoms with Crippen LogP contribution in [0.15, 0.2) is 55.8 Å². The second-order valence-corrected chi connectivity index (χ2v) is 8.96. The molecule has 1 heterocycles. The fourth-order valence-electron chi connectivity index (χ4n) is 2.76. The number of H-pyrrole nitrogens is 2. The van der Waals surface area contributed by atoms with Gasteiger partial charge in [0.2, 0.25) is 10.0 Å². The maximum atomic E-state index is 12.9. The van der Waals surface area contributed by atoms with E-state index >= 15 is 0 Å². The first kappa shape index (κ1) is 20.2. The van der Waals surface area contributed by atoms with Crippen LogP contribution in [0.4, 0.5) is 0 Å². The molecule has 0 saturated carbocycles. The van der Waals surface area contributed by atoms with E-state index in [1.54, 1.807) is 24.9 Å². The maximum Gasteiger partial charge on any atom is 0.314 e. The van der Waals surface area contributed by atoms with E-state index in [0.717, 1.165) is 10.5 Å². The second kappa shape index (κ2) is 7.82. The number of aromatic nitrogens is 2. The molecule has 2 N–H and O–H groups in total. The van der Waals surface area contributed by atoms with Crippen LogP contribution in [-0.4, -0.2) is 43.1 Å². The van der Waals surface area contributed by atoms with Gasteiger partial charge in [-0.2, -0.15) is 4.31 Å². The minimum atomic E-state index is -3.81. The molecule has 0 bridgehead atoms. The molecule has 3 aromatic rings. The Kier molecular flexibility index (Phi) is 5.64. The molecule has 0 aliphatic rings. The van der Waals surface area contributed by atoms with Crippen LogP contribution in [0.5, 0.6) is 5.75 Å². The largest absolute Gasteiger partial charge is 0.496 e. The van der Waals surface area contributed by atoms with Gasteiger partial charge in [-0.05, 0) is 42.2 Å². The van der Waals surface area contributed by atoms with Crippen molar-refractivity contribution in [2.45, 2.75) is 16.3 Å². The molecule has 0 aliphatic heterocycles. The third-order valence-corrected chi connectivity index (χ3v) is 6.83. The number of aromatic amines is 2. The lowest BCUT2D eigenvalue weighted by atomic mass is 10.2. The van der Waals surface area contributed by atoms with Crippen LogP contribution >= 0.6 is 11.8 Å². The molecule has 0 fully saturated rings. The van der Waals surface area contributed by atoms with Gasteiger partial charge in [-0.25, -0.2) is 8.42 Å². The minimum absolute atomic E-state index is 0.0119. The SMILES string of the molecule is COc1cc(CN(C)S(=O)(=O)c2ccc3[nH]c(=O)c(=O)[nH]c3c2)ccc1SC. The van der Waals surface area contributed by atoms with E-state index < -0.39 is 21.1 Å². The van der Waals surface area contributed by atoms with Gasteiger partial charge in [0.25, 0.3) is 0 Å². The highest BCUT2D eigenvalue weighted by Gasteiger charge is 2.22. The molecule has 28 heavy (non-hydrogen) atoms. The number of fused-ring (bicyclic) bond motifs is 1. The smallest absolute Gasteiger partial charge is 0.314 e. The molecule has 0 saturated heterocycles. The normalized spacial score (nSPS) is 11.9. The van der Waals surface area contributed by atoms with Crippen LogP contribution < -0.4 is 15.9 Å². The van der Waals surface area contributed by atoms with Crippen molar-refractivity contribution in [1.29, 1.82) is 0 Å². The van der Waals surface area contributed by atoms with Crippen LogP contribution in [-0.2, 0) is 16.6 Å². The van der Waals surface area contributed by atoms with Gasteiger partial charge in [0.05, 0.1) is 23.0 Å². The summed E-state index contributed by atoms with van der Waals surface area (Å²) in [6, 6.07) is 9.71. The van der Waals surface area contributed by atoms with Crippen molar-refractivity contribution in [3.63, 3.8) is 0 Å². The standard InChI is InChI=1S/C18H19N3O5S2/c1-21(10-11-4-7-16(27-3)15(8-11)26-2)28(24,25)12-5-6-13-14(9-12)20-18(23)17(22)19-13/h4-9H,10H2,1-3H3,(H,19,22)(H,20,23). The molecule has 0 amide bonds. The van der Waals surface area contributed by atoms with E-state index in [1.165, 1.54) is 29.6 Å². The third kappa shape index (κ3) is 3.84. The lowest BCUT2D eigenvalue weighted by Gasteiger charge is -2.18. The van der Waals surface area contributed by atoms with E-state index in [1.807, 2.05) is 18.4 Å². The Morgan fingerprint density at radius 3 is 2.36 bits per heavy atom. The van der Waals surface area contributed by atoms with Crippen molar-refractivity contribution in [2.24, 2.45) is 0 Å². The van der Waals surface area contributed by atoms with Crippen molar-refractivity contribution in [2.75, 3.05) is 20.4 Å². The number of benzene rings is 2. The summed E-state index contributed by atoms with van der Waals surface area (Å²) in [5.41, 5.74) is -0.257. The van der Waals surface area contributed by atoms with Crippen molar-refractivity contribution in [3.05, 3.63) is 62.7 Å². The number of hydrogen-bond donors (Lipinski definition) is 2. The fraction of sp³-hybridized carbons (Fsp3) is 0.222. The van der Waals surface area contributed by atoms with Crippen LogP contribution in [0.3, 0.4) is 0 Å². The molecule has 148 valence electrons. The monoisotopic (exact) mass is 421 g/mol. The number of methoxy groups -OCH3 is 1. The van der Waals surface area contributed by atoms with Crippen molar-refractivity contribution in [3.8, 4) is 5.75 Å². The highest BCUT2D eigenvalue weighted by atomic mass is 32.2. The van der Waals surface area contributed by atoms with Crippen LogP contribution in [0.2, 0.25) is 0 Å². The summed E-state index contributed by atoms with van der Waals surface area (Å²) in [6.07, 6.45) is 1.94. The third-order valence-electron chi connectivity index (χ3n) is 4.26. The number of nitrogens with one attached hydrogen (secondary N) is 2. The van der Waals surface area contributed by atoms with Gasteiger partial charge in [0, 0.05) is 18.5 Å². The van der Waals surface area contributed by atoms with Gasteiger partial charge in [0.15, 0.2) is 0 Å². The Morgan fingerprint density at radius 1 is 1.04 bits per heavy atom. The van der Waals surface area contributed by atoms with Gasteiger partial charge < -0.3 is 14.7 Å². The Bertz CT molecular complexity index is 1250. The van der Waals surface area contributed by atoms with Gasteiger partial charge in [-0.15, -0.1) is 11.8 Å². The molecule has 8 nitrogen and oxygen atoms in total. The summed E-state index contributed by atoms with van der Waals surface area (Å²) in [5, 5.41) is 0. The second-order valence-electron chi connectivity index (χ2n) is 6.07. The van der Waals surface area contributed by atoms with Crippen molar-refractivity contribution < 1.29 is 13.2 Å². The van der Waals surface area contributed by atoms with Crippen molar-refractivity contribution >= 4 is 32.8 Å². The number of sulfonamides is 1. The first-order chi connectivity index (χ1) is 13.3. The zero-order chi connectivity index (χ0) is 20.5. The lowest BCUT2D eigenvalue weighted by molar-refractivity contribution is 0.402. The summed E-state index contributed by atoms with van der Waals surface area (Å²) >= 11 is 1.54. The first-order valence-corrected chi connectivity index (χ1v) is 10.9. The molecule has 1 aromatic heterocycles. The summed E-state index contributed by atoms with van der Waals surface area (Å²) < 4.78 is 32.4. The Hall–Kier alpha value is -2.56. The zero-order valence-electron chi connectivity index (χ0n) is 15.5. The van der Waals surface area contributed by atoms with Crippen molar-refractivity contribution in [1.82, 2.24) is 14.3 Å². The Labute approximate surface area is 165 Å². The van der Waals surface area contributed by atoms with E-state index in [9.17, 15) is 18.0 Å². The number of nitrogens with zero attached hydrogens (tertiary/aromatic N) is 1. The first-order valence-electron chi connectivity index (χ1n) is 8.20. The van der Waals surface area contributed by atoms with E-state index in [-0.39, 0.29) is 17.0 Å². The van der Waals surface area contributed by atoms with Crippen LogP contribution in [0.1, 0.15) is 5.56 Å². The average molecular weight is 422 g/mol. The molecule has 3 rings (SSSR count). The van der Waals surface area contributed by atoms with Gasteiger partial charge in [-0.1, -0.05) is 6.07 Å². The van der Waals surface area contributed by atoms with Crippen LogP contribution in [0, 0.1) is 0 Å². The number of thioether (sulfide) groups is 1. The zero-order valence-corrected chi connectivity index (χ0v) is 17.1. The lowest BCUT2D eigenvalue weighted by Crippen LogP contribution is -2.29. The van der Waals surface area contributed by atoms with Gasteiger partial charge in [-0.3, -0.25) is 9.59 Å². The molecule has 0 radical (unpaired) electrons. The fourth-order valence-corrected chi connectivity index (χ4v) is 4.49. The minimum Gasteiger partial charge on any atom is -0.496 e. The van der Waals surface area contributed by atoms with E-state index in [0.29, 0.717) is 11.3 Å². The topological polar surface area (TPSA) is 112 Å². The molecule has 0 aliphatic carbocycles. The Balaban J connectivity index is 1.94. The molecule has 0 spiro atoms. The average Bonchev–Trinajstić information content (AvgIpc) is 2.68. The van der Waals surface area contributed by atoms with E-state index in [2.05, 4.69) is 9.97 Å². The number of rotatable bonds is 6. The van der Waals surface area contributed by atoms with Gasteiger partial charge >= 0.3 is 11.1 Å². The number of ether oxygens (including phenoxy) is 1. The molecule has 0 unspecified atom stereocenters. The maximum absolute atomic E-state index is 12.9. The summed E-state index contributed by atoms with van der Waals surface area (Å²) in [6.45, 7) is 0.146. The molecule has 2 aromatic carbocycles. The summed E-state index contributed by atoms with van der Waals surface area (Å²) in [5.74, 6) is 0.683. The predicted molar refractivity (Wildman–Crippen MR) is 109 cm³/mol. The van der Waals surface area contributed by atoms with E-state index in [4.69, 9.17) is 4.74 Å². The summed E-state index contributed by atoms with van der Waals surface area (Å²) in [7, 11) is -0.768. The molecular weight excluding hydrogens is 402 g/mol. The Morgan fingerprint density at radius 2 is 1.71 bits per heavy atom. The molecule has 0 atom stereocenters. The predicted octanol–water partition coefficient (Wildman–Crippen LogP) is 1.77. The summed E-state index contributed by atoms with van der Waals surface area (Å²) in [4.78, 5) is 28.7.